The molecule has 0 aliphatic carbocycles. The number of likely N-dealkylation sites (tertiary alicyclic amines) is 1. The van der Waals surface area contributed by atoms with E-state index in [0.717, 1.165) is 40.9 Å². The third kappa shape index (κ3) is 7.11. The molecule has 0 saturated carbocycles. The standard InChI is InChI=1S/C29H39ClN4O4/c1-7-8-21(35)16-38-22-10-11-24(30)23(13-22)28-32-25(12-9-20-14-34(15-20)29(36)37-6)18(4)27(33-28)26(17(2)3)19(5)31/h10-11,13,20-21,31,35H,7-9,12,14-16H2,1-6H3/t21-/m1/s1. The molecule has 1 atom stereocenters. The molecule has 1 aliphatic rings. The molecule has 9 heteroatoms. The zero-order valence-electron chi connectivity index (χ0n) is 23.2. The molecule has 0 unspecified atom stereocenters. The smallest absolute Gasteiger partial charge is 0.409 e. The highest BCUT2D eigenvalue weighted by Crippen LogP contribution is 2.33. The molecule has 1 aromatic carbocycles. The fourth-order valence-corrected chi connectivity index (χ4v) is 4.91. The van der Waals surface area contributed by atoms with Gasteiger partial charge in [0.15, 0.2) is 5.82 Å². The number of allylic oxidation sites excluding steroid dienone is 2. The van der Waals surface area contributed by atoms with Crippen LogP contribution < -0.4 is 4.74 Å². The summed E-state index contributed by atoms with van der Waals surface area (Å²) in [7, 11) is 1.40. The Morgan fingerprint density at radius 2 is 1.97 bits per heavy atom. The van der Waals surface area contributed by atoms with E-state index in [1.54, 1.807) is 30.0 Å². The molecule has 1 fully saturated rings. The summed E-state index contributed by atoms with van der Waals surface area (Å²) in [5.74, 6) is 1.42. The van der Waals surface area contributed by atoms with Gasteiger partial charge in [0.25, 0.3) is 0 Å². The fraction of sp³-hybridized carbons (Fsp3) is 0.517. The molecule has 2 N–H and O–H groups in total. The Labute approximate surface area is 230 Å². The minimum Gasteiger partial charge on any atom is -0.491 e. The number of hydrogen-bond donors (Lipinski definition) is 2. The lowest BCUT2D eigenvalue weighted by Crippen LogP contribution is -2.50. The molecule has 38 heavy (non-hydrogen) atoms. The number of aromatic nitrogens is 2. The molecule has 0 radical (unpaired) electrons. The maximum atomic E-state index is 11.7. The molecule has 8 nitrogen and oxygen atoms in total. The van der Waals surface area contributed by atoms with Crippen LogP contribution in [0, 0.1) is 18.3 Å². The first-order valence-electron chi connectivity index (χ1n) is 13.1. The van der Waals surface area contributed by atoms with E-state index in [2.05, 4.69) is 0 Å². The van der Waals surface area contributed by atoms with Crippen molar-refractivity contribution in [3.63, 3.8) is 0 Å². The normalized spacial score (nSPS) is 14.1. The van der Waals surface area contributed by atoms with Gasteiger partial charge in [0.1, 0.15) is 12.4 Å². The van der Waals surface area contributed by atoms with Crippen LogP contribution in [0.5, 0.6) is 5.75 Å². The second-order valence-corrected chi connectivity index (χ2v) is 10.5. The summed E-state index contributed by atoms with van der Waals surface area (Å²) in [4.78, 5) is 23.2. The number of hydrogen-bond acceptors (Lipinski definition) is 7. The van der Waals surface area contributed by atoms with Crippen LogP contribution >= 0.6 is 11.6 Å². The summed E-state index contributed by atoms with van der Waals surface area (Å²) in [6.45, 7) is 11.3. The largest absolute Gasteiger partial charge is 0.491 e. The predicted molar refractivity (Wildman–Crippen MR) is 151 cm³/mol. The summed E-state index contributed by atoms with van der Waals surface area (Å²) in [5.41, 5.74) is 5.41. The molecular formula is C29H39ClN4O4. The Balaban J connectivity index is 1.97. The van der Waals surface area contributed by atoms with E-state index in [4.69, 9.17) is 36.5 Å². The first-order valence-corrected chi connectivity index (χ1v) is 13.5. The van der Waals surface area contributed by atoms with E-state index in [9.17, 15) is 9.90 Å². The number of aryl methyl sites for hydroxylation is 1. The van der Waals surface area contributed by atoms with E-state index < -0.39 is 6.10 Å². The molecule has 1 amide bonds. The number of halogens is 1. The Hall–Kier alpha value is -2.97. The van der Waals surface area contributed by atoms with Gasteiger partial charge in [0, 0.05) is 35.6 Å². The van der Waals surface area contributed by atoms with E-state index in [1.165, 1.54) is 7.11 Å². The summed E-state index contributed by atoms with van der Waals surface area (Å²) >= 11 is 6.62. The number of rotatable bonds is 11. The monoisotopic (exact) mass is 542 g/mol. The van der Waals surface area contributed by atoms with Gasteiger partial charge in [-0.05, 0) is 76.6 Å². The molecule has 1 aliphatic heterocycles. The van der Waals surface area contributed by atoms with Crippen molar-refractivity contribution in [1.29, 1.82) is 5.41 Å². The highest BCUT2D eigenvalue weighted by Gasteiger charge is 2.31. The maximum Gasteiger partial charge on any atom is 0.409 e. The Bertz CT molecular complexity index is 1200. The van der Waals surface area contributed by atoms with Crippen LogP contribution in [-0.2, 0) is 11.2 Å². The summed E-state index contributed by atoms with van der Waals surface area (Å²) in [5, 5.41) is 19.0. The van der Waals surface area contributed by atoms with Crippen molar-refractivity contribution in [2.45, 2.75) is 66.4 Å². The zero-order chi connectivity index (χ0) is 28.0. The van der Waals surface area contributed by atoms with Crippen LogP contribution in [0.3, 0.4) is 0 Å². The molecule has 1 aromatic heterocycles. The van der Waals surface area contributed by atoms with Gasteiger partial charge in [-0.25, -0.2) is 14.8 Å². The molecule has 0 spiro atoms. The van der Waals surface area contributed by atoms with Gasteiger partial charge < -0.3 is 24.9 Å². The topological polar surface area (TPSA) is 109 Å². The van der Waals surface area contributed by atoms with Crippen molar-refractivity contribution in [2.75, 3.05) is 26.8 Å². The van der Waals surface area contributed by atoms with E-state index >= 15 is 0 Å². The van der Waals surface area contributed by atoms with Crippen LogP contribution in [0.2, 0.25) is 5.02 Å². The van der Waals surface area contributed by atoms with Crippen molar-refractivity contribution in [3.05, 3.63) is 45.7 Å². The Morgan fingerprint density at radius 3 is 2.58 bits per heavy atom. The van der Waals surface area contributed by atoms with Gasteiger partial charge in [-0.3, -0.25) is 0 Å². The molecule has 2 heterocycles. The van der Waals surface area contributed by atoms with Crippen LogP contribution in [-0.4, -0.2) is 64.7 Å². The first kappa shape index (κ1) is 29.6. The Morgan fingerprint density at radius 1 is 1.26 bits per heavy atom. The van der Waals surface area contributed by atoms with Gasteiger partial charge in [-0.2, -0.15) is 0 Å². The third-order valence-corrected chi connectivity index (χ3v) is 7.11. The van der Waals surface area contributed by atoms with E-state index in [-0.39, 0.29) is 12.7 Å². The minimum absolute atomic E-state index is 0.194. The molecule has 3 rings (SSSR count). The fourth-order valence-electron chi connectivity index (χ4n) is 4.71. The van der Waals surface area contributed by atoms with Crippen molar-refractivity contribution in [2.24, 2.45) is 5.92 Å². The van der Waals surface area contributed by atoms with E-state index in [1.807, 2.05) is 27.7 Å². The van der Waals surface area contributed by atoms with Crippen LogP contribution in [0.25, 0.3) is 17.0 Å². The number of carbonyl (C=O) groups is 1. The number of carbonyl (C=O) groups excluding carboxylic acids is 1. The lowest BCUT2D eigenvalue weighted by atomic mass is 9.91. The second kappa shape index (κ2) is 13.2. The lowest BCUT2D eigenvalue weighted by molar-refractivity contribution is 0.0648. The van der Waals surface area contributed by atoms with Crippen molar-refractivity contribution in [3.8, 4) is 17.1 Å². The molecular weight excluding hydrogens is 504 g/mol. The van der Waals surface area contributed by atoms with Crippen LogP contribution in [0.15, 0.2) is 23.8 Å². The predicted octanol–water partition coefficient (Wildman–Crippen LogP) is 6.11. The minimum atomic E-state index is -0.537. The third-order valence-electron chi connectivity index (χ3n) is 6.78. The molecule has 0 bridgehead atoms. The van der Waals surface area contributed by atoms with Gasteiger partial charge in [-0.15, -0.1) is 0 Å². The summed E-state index contributed by atoms with van der Waals surface area (Å²) in [6, 6.07) is 5.33. The van der Waals surface area contributed by atoms with Crippen molar-refractivity contribution >= 4 is 29.0 Å². The number of amides is 1. The van der Waals surface area contributed by atoms with Gasteiger partial charge in [-0.1, -0.05) is 30.5 Å². The summed E-state index contributed by atoms with van der Waals surface area (Å²) in [6.07, 6.45) is 2.28. The van der Waals surface area contributed by atoms with Gasteiger partial charge in [0.2, 0.25) is 0 Å². The lowest BCUT2D eigenvalue weighted by Gasteiger charge is -2.38. The molecule has 206 valence electrons. The van der Waals surface area contributed by atoms with Gasteiger partial charge >= 0.3 is 6.09 Å². The van der Waals surface area contributed by atoms with Crippen molar-refractivity contribution in [1.82, 2.24) is 14.9 Å². The molecule has 2 aromatic rings. The number of ether oxygens (including phenoxy) is 2. The summed E-state index contributed by atoms with van der Waals surface area (Å²) < 4.78 is 10.6. The van der Waals surface area contributed by atoms with Crippen molar-refractivity contribution < 1.29 is 19.4 Å². The highest BCUT2D eigenvalue weighted by atomic mass is 35.5. The number of nitrogens with one attached hydrogen (secondary N) is 1. The number of aliphatic hydroxyl groups excluding tert-OH is 1. The SMILES string of the molecule is CCC[C@@H](O)COc1ccc(Cl)c(-c2nc(CCC3CN(C(=O)OC)C3)c(C)c(C(C(C)=N)=C(C)C)n2)c1. The molecule has 1 saturated heterocycles. The van der Waals surface area contributed by atoms with E-state index in [0.29, 0.717) is 59.7 Å². The second-order valence-electron chi connectivity index (χ2n) is 10.1. The average Bonchev–Trinajstić information content (AvgIpc) is 2.84. The Kier molecular flexibility index (Phi) is 10.3. The number of nitrogens with zero attached hydrogens (tertiary/aromatic N) is 3. The van der Waals surface area contributed by atoms with Crippen LogP contribution in [0.4, 0.5) is 4.79 Å². The number of methoxy groups -OCH3 is 1. The quantitative estimate of drug-likeness (QED) is 0.332. The van der Waals surface area contributed by atoms with Crippen LogP contribution in [0.1, 0.15) is 63.9 Å². The number of benzene rings is 1. The zero-order valence-corrected chi connectivity index (χ0v) is 24.0. The number of aliphatic hydroxyl groups is 1. The average molecular weight is 543 g/mol. The maximum absolute atomic E-state index is 11.7. The first-order chi connectivity index (χ1) is 18.0. The highest BCUT2D eigenvalue weighted by molar-refractivity contribution is 6.33. The van der Waals surface area contributed by atoms with Gasteiger partial charge in [0.05, 0.1) is 23.9 Å².